The normalized spacial score (nSPS) is 8.22. The van der Waals surface area contributed by atoms with Gasteiger partial charge in [-0.2, -0.15) is 0 Å². The molecule has 3 heteroatoms. The van der Waals surface area contributed by atoms with E-state index >= 15 is 0 Å². The molecule has 3 N–H and O–H groups in total. The van der Waals surface area contributed by atoms with Crippen LogP contribution in [0.4, 0.5) is 5.69 Å². The van der Waals surface area contributed by atoms with Crippen LogP contribution in [0.15, 0.2) is 24.3 Å². The van der Waals surface area contributed by atoms with Gasteiger partial charge in [-0.05, 0) is 34.7 Å². The lowest BCUT2D eigenvalue weighted by atomic mass is 10.3. The summed E-state index contributed by atoms with van der Waals surface area (Å²) in [6.45, 7) is 0. The van der Waals surface area contributed by atoms with Crippen LogP contribution in [-0.4, -0.2) is 0 Å². The van der Waals surface area contributed by atoms with Gasteiger partial charge < -0.3 is 5.73 Å². The van der Waals surface area contributed by atoms with Crippen LogP contribution in [0.1, 0.15) is 0 Å². The van der Waals surface area contributed by atoms with Gasteiger partial charge in [-0.25, -0.2) is 0 Å². The Morgan fingerprint density at radius 3 is 2.33 bits per heavy atom. The summed E-state index contributed by atoms with van der Waals surface area (Å²) in [5, 5.41) is 0. The molecular weight excluding hydrogens is 248 g/mol. The van der Waals surface area contributed by atoms with E-state index < -0.39 is 0 Å². The van der Waals surface area contributed by atoms with Crippen molar-refractivity contribution in [1.29, 1.82) is 0 Å². The molecule has 0 radical (unpaired) electrons. The van der Waals surface area contributed by atoms with E-state index in [1.54, 1.807) is 0 Å². The maximum atomic E-state index is 3.78. The summed E-state index contributed by atoms with van der Waals surface area (Å²) in [6, 6.07) is 8.09. The van der Waals surface area contributed by atoms with Gasteiger partial charge in [0.1, 0.15) is 5.69 Å². The van der Waals surface area contributed by atoms with E-state index in [-0.39, 0.29) is 12.4 Å². The van der Waals surface area contributed by atoms with Crippen LogP contribution >= 0.6 is 35.0 Å². The molecule has 0 fully saturated rings. The molecule has 0 amide bonds. The zero-order chi connectivity index (χ0) is 5.98. The van der Waals surface area contributed by atoms with Crippen molar-refractivity contribution < 1.29 is 5.73 Å². The lowest BCUT2D eigenvalue weighted by Crippen LogP contribution is -2.39. The molecule has 0 spiro atoms. The lowest BCUT2D eigenvalue weighted by Gasteiger charge is -1.85. The van der Waals surface area contributed by atoms with Crippen LogP contribution in [0.5, 0.6) is 0 Å². The average molecular weight is 256 g/mol. The van der Waals surface area contributed by atoms with E-state index in [1.165, 1.54) is 3.57 Å². The zero-order valence-electron chi connectivity index (χ0n) is 4.80. The minimum absolute atomic E-state index is 0. The van der Waals surface area contributed by atoms with Crippen LogP contribution < -0.4 is 5.73 Å². The minimum atomic E-state index is 0. The number of benzene rings is 1. The molecule has 0 atom stereocenters. The van der Waals surface area contributed by atoms with Crippen LogP contribution in [0.2, 0.25) is 0 Å². The molecule has 50 valence electrons. The number of hydrogen-bond donors (Lipinski definition) is 1. The van der Waals surface area contributed by atoms with E-state index in [9.17, 15) is 0 Å². The summed E-state index contributed by atoms with van der Waals surface area (Å²) in [4.78, 5) is 0. The Bertz CT molecular complexity index is 173. The van der Waals surface area contributed by atoms with E-state index in [1.807, 2.05) is 18.2 Å². The summed E-state index contributed by atoms with van der Waals surface area (Å²) in [6.07, 6.45) is 0. The van der Waals surface area contributed by atoms with Gasteiger partial charge in [0.05, 0.1) is 0 Å². The molecule has 0 saturated carbocycles. The number of quaternary nitrogens is 1. The maximum absolute atomic E-state index is 3.78. The Balaban J connectivity index is 0.000000640. The van der Waals surface area contributed by atoms with E-state index in [0.717, 1.165) is 5.69 Å². The Morgan fingerprint density at radius 1 is 1.33 bits per heavy atom. The van der Waals surface area contributed by atoms with E-state index in [0.29, 0.717) is 0 Å². The first kappa shape index (κ1) is 9.20. The predicted octanol–water partition coefficient (Wildman–Crippen LogP) is 1.59. The second-order valence-electron chi connectivity index (χ2n) is 1.63. The largest absolute Gasteiger partial charge is 0.325 e. The zero-order valence-corrected chi connectivity index (χ0v) is 7.78. The molecule has 1 rings (SSSR count). The van der Waals surface area contributed by atoms with Crippen molar-refractivity contribution in [1.82, 2.24) is 0 Å². The standard InChI is InChI=1S/C6H6IN.ClH/c7-5-2-1-3-6(8)4-5;/h1-4H,8H2;1H/p+1. The SMILES string of the molecule is Cl.[NH3+]c1cccc(I)c1. The first-order chi connectivity index (χ1) is 3.79. The second kappa shape index (κ2) is 4.09. The molecule has 1 aromatic rings. The third-order valence-corrected chi connectivity index (χ3v) is 1.56. The molecule has 0 bridgehead atoms. The van der Waals surface area contributed by atoms with Crippen molar-refractivity contribution in [2.24, 2.45) is 0 Å². The highest BCUT2D eigenvalue weighted by Gasteiger charge is 1.86. The average Bonchev–Trinajstić information content (AvgIpc) is 1.64. The highest BCUT2D eigenvalue weighted by molar-refractivity contribution is 14.1. The van der Waals surface area contributed by atoms with Crippen molar-refractivity contribution in [3.8, 4) is 0 Å². The van der Waals surface area contributed by atoms with Gasteiger partial charge in [0.15, 0.2) is 0 Å². The molecule has 0 aliphatic heterocycles. The van der Waals surface area contributed by atoms with Crippen molar-refractivity contribution >= 4 is 40.7 Å². The van der Waals surface area contributed by atoms with Gasteiger partial charge in [-0.1, -0.05) is 6.07 Å². The van der Waals surface area contributed by atoms with Crippen LogP contribution in [0, 0.1) is 3.57 Å². The summed E-state index contributed by atoms with van der Waals surface area (Å²) < 4.78 is 1.25. The highest BCUT2D eigenvalue weighted by atomic mass is 127. The predicted molar refractivity (Wildman–Crippen MR) is 49.0 cm³/mol. The van der Waals surface area contributed by atoms with E-state index in [2.05, 4.69) is 34.4 Å². The lowest BCUT2D eigenvalue weighted by molar-refractivity contribution is -0.254. The number of rotatable bonds is 0. The van der Waals surface area contributed by atoms with Gasteiger partial charge in [-0.15, -0.1) is 12.4 Å². The van der Waals surface area contributed by atoms with Gasteiger partial charge >= 0.3 is 0 Å². The smallest absolute Gasteiger partial charge is 0.128 e. The Labute approximate surface area is 74.2 Å². The minimum Gasteiger partial charge on any atom is -0.325 e. The number of halogens is 2. The molecule has 0 aromatic heterocycles. The summed E-state index contributed by atoms with van der Waals surface area (Å²) in [7, 11) is 0. The van der Waals surface area contributed by atoms with Crippen LogP contribution in [-0.2, 0) is 0 Å². The Hall–Kier alpha value is 0.200. The van der Waals surface area contributed by atoms with Crippen molar-refractivity contribution in [2.45, 2.75) is 0 Å². The highest BCUT2D eigenvalue weighted by Crippen LogP contribution is 2.06. The molecule has 0 aliphatic rings. The molecule has 0 unspecified atom stereocenters. The van der Waals surface area contributed by atoms with E-state index in [4.69, 9.17) is 0 Å². The summed E-state index contributed by atoms with van der Waals surface area (Å²) >= 11 is 2.27. The monoisotopic (exact) mass is 256 g/mol. The molecule has 9 heavy (non-hydrogen) atoms. The first-order valence-electron chi connectivity index (χ1n) is 2.36. The third kappa shape index (κ3) is 3.03. The molecular formula is C6H8ClIN+. The molecule has 0 aliphatic carbocycles. The molecule has 1 aromatic carbocycles. The fraction of sp³-hybridized carbons (Fsp3) is 0. The molecule has 0 heterocycles. The summed E-state index contributed by atoms with van der Waals surface area (Å²) in [5.41, 5.74) is 4.86. The Kier molecular flexibility index (Phi) is 4.18. The van der Waals surface area contributed by atoms with Gasteiger partial charge in [0, 0.05) is 9.64 Å². The van der Waals surface area contributed by atoms with Crippen LogP contribution in [0.25, 0.3) is 0 Å². The second-order valence-corrected chi connectivity index (χ2v) is 2.88. The maximum Gasteiger partial charge on any atom is 0.128 e. The van der Waals surface area contributed by atoms with Crippen LogP contribution in [0.3, 0.4) is 0 Å². The van der Waals surface area contributed by atoms with Gasteiger partial charge in [-0.3, -0.25) is 0 Å². The first-order valence-corrected chi connectivity index (χ1v) is 3.44. The topological polar surface area (TPSA) is 27.6 Å². The van der Waals surface area contributed by atoms with Gasteiger partial charge in [0.2, 0.25) is 0 Å². The fourth-order valence-electron chi connectivity index (χ4n) is 0.537. The Morgan fingerprint density at radius 2 is 2.00 bits per heavy atom. The van der Waals surface area contributed by atoms with Crippen molar-refractivity contribution in [2.75, 3.05) is 0 Å². The van der Waals surface area contributed by atoms with Gasteiger partial charge in [0.25, 0.3) is 0 Å². The quantitative estimate of drug-likeness (QED) is 0.683. The molecule has 0 saturated heterocycles. The number of hydrogen-bond acceptors (Lipinski definition) is 0. The summed E-state index contributed by atoms with van der Waals surface area (Å²) in [5.74, 6) is 0. The fourth-order valence-corrected chi connectivity index (χ4v) is 1.14. The van der Waals surface area contributed by atoms with Crippen molar-refractivity contribution in [3.63, 3.8) is 0 Å². The third-order valence-electron chi connectivity index (χ3n) is 0.889. The molecule has 1 nitrogen and oxygen atoms in total. The van der Waals surface area contributed by atoms with Crippen molar-refractivity contribution in [3.05, 3.63) is 27.8 Å².